The van der Waals surface area contributed by atoms with E-state index in [1.807, 2.05) is 0 Å². The lowest BCUT2D eigenvalue weighted by atomic mass is 10.1. The van der Waals surface area contributed by atoms with Crippen LogP contribution in [0.25, 0.3) is 0 Å². The number of halogens is 2. The molecule has 0 spiro atoms. The zero-order valence-corrected chi connectivity index (χ0v) is 10.3. The molecule has 0 aromatic carbocycles. The lowest BCUT2D eigenvalue weighted by molar-refractivity contribution is 0.532. The minimum Gasteiger partial charge on any atom is -0.367 e. The highest BCUT2D eigenvalue weighted by atomic mass is 19.1. The van der Waals surface area contributed by atoms with E-state index in [-0.39, 0.29) is 11.6 Å². The molecule has 2 atom stereocenters. The highest BCUT2D eigenvalue weighted by Gasteiger charge is 2.21. The van der Waals surface area contributed by atoms with Crippen LogP contribution in [0.5, 0.6) is 0 Å². The van der Waals surface area contributed by atoms with E-state index >= 15 is 0 Å². The number of hydrazine groups is 1. The fourth-order valence-corrected chi connectivity index (χ4v) is 2.44. The molecule has 4 N–H and O–H groups in total. The van der Waals surface area contributed by atoms with Crippen LogP contribution in [0.2, 0.25) is 0 Å². The molecular weight excluding hydrogens is 238 g/mol. The second-order valence-corrected chi connectivity index (χ2v) is 4.96. The maximum atomic E-state index is 13.5. The molecule has 0 saturated heterocycles. The quantitative estimate of drug-likeness (QED) is 0.572. The second-order valence-electron chi connectivity index (χ2n) is 4.96. The third-order valence-electron chi connectivity index (χ3n) is 3.43. The number of nitrogens with two attached hydrogens (primary N) is 1. The SMILES string of the molecule is CC1CCC(CNc2nc(NN)c(F)cc2F)C1. The van der Waals surface area contributed by atoms with Gasteiger partial charge < -0.3 is 10.7 Å². The zero-order valence-electron chi connectivity index (χ0n) is 10.3. The predicted molar refractivity (Wildman–Crippen MR) is 67.0 cm³/mol. The minimum absolute atomic E-state index is 0.0453. The van der Waals surface area contributed by atoms with Crippen LogP contribution in [-0.4, -0.2) is 11.5 Å². The van der Waals surface area contributed by atoms with E-state index in [4.69, 9.17) is 5.84 Å². The van der Waals surface area contributed by atoms with E-state index in [2.05, 4.69) is 22.7 Å². The Morgan fingerprint density at radius 1 is 1.33 bits per heavy atom. The predicted octanol–water partition coefficient (Wildman–Crippen LogP) is 2.49. The molecule has 4 nitrogen and oxygen atoms in total. The summed E-state index contributed by atoms with van der Waals surface area (Å²) >= 11 is 0. The average Bonchev–Trinajstić information content (AvgIpc) is 2.74. The molecule has 1 fully saturated rings. The van der Waals surface area contributed by atoms with Gasteiger partial charge in [-0.1, -0.05) is 13.3 Å². The van der Waals surface area contributed by atoms with Gasteiger partial charge in [-0.25, -0.2) is 19.6 Å². The van der Waals surface area contributed by atoms with Crippen molar-refractivity contribution in [1.82, 2.24) is 4.98 Å². The summed E-state index contributed by atoms with van der Waals surface area (Å²) in [5, 5.41) is 2.93. The molecule has 18 heavy (non-hydrogen) atoms. The first-order valence-electron chi connectivity index (χ1n) is 6.16. The molecule has 1 aliphatic rings. The van der Waals surface area contributed by atoms with Crippen molar-refractivity contribution in [3.05, 3.63) is 17.7 Å². The Morgan fingerprint density at radius 3 is 2.67 bits per heavy atom. The standard InChI is InChI=1S/C12H18F2N4/c1-7-2-3-8(4-7)6-16-11-9(13)5-10(14)12(17-11)18-15/h5,7-8H,2-4,6,15H2,1H3,(H2,16,17,18). The van der Waals surface area contributed by atoms with Crippen LogP contribution in [0.4, 0.5) is 20.4 Å². The molecule has 2 unspecified atom stereocenters. The Morgan fingerprint density at radius 2 is 2.06 bits per heavy atom. The van der Waals surface area contributed by atoms with Gasteiger partial charge in [0.1, 0.15) is 0 Å². The molecule has 1 heterocycles. The number of nitrogen functional groups attached to an aromatic ring is 1. The number of nitrogens with zero attached hydrogens (tertiary/aromatic N) is 1. The number of aromatic nitrogens is 1. The van der Waals surface area contributed by atoms with Crippen molar-refractivity contribution < 1.29 is 8.78 Å². The van der Waals surface area contributed by atoms with Crippen molar-refractivity contribution in [2.75, 3.05) is 17.3 Å². The monoisotopic (exact) mass is 256 g/mol. The molecule has 100 valence electrons. The van der Waals surface area contributed by atoms with Gasteiger partial charge in [0.15, 0.2) is 23.3 Å². The lowest BCUT2D eigenvalue weighted by Gasteiger charge is -2.13. The topological polar surface area (TPSA) is 63.0 Å². The molecule has 0 aliphatic heterocycles. The number of rotatable bonds is 4. The Kier molecular flexibility index (Phi) is 3.96. The molecule has 1 aromatic rings. The molecule has 0 bridgehead atoms. The Labute approximate surface area is 105 Å². The zero-order chi connectivity index (χ0) is 13.1. The molecule has 1 aromatic heterocycles. The summed E-state index contributed by atoms with van der Waals surface area (Å²) < 4.78 is 26.6. The van der Waals surface area contributed by atoms with E-state index in [1.54, 1.807) is 0 Å². The molecule has 2 rings (SSSR count). The molecule has 0 radical (unpaired) electrons. The van der Waals surface area contributed by atoms with E-state index in [1.165, 1.54) is 6.42 Å². The summed E-state index contributed by atoms with van der Waals surface area (Å²) in [5.74, 6) is 4.76. The molecule has 6 heteroatoms. The van der Waals surface area contributed by atoms with E-state index in [0.29, 0.717) is 12.5 Å². The average molecular weight is 256 g/mol. The maximum Gasteiger partial charge on any atom is 0.178 e. The summed E-state index contributed by atoms with van der Waals surface area (Å²) in [6, 6.07) is 0.780. The van der Waals surface area contributed by atoms with Gasteiger partial charge in [-0.05, 0) is 24.7 Å². The largest absolute Gasteiger partial charge is 0.367 e. The van der Waals surface area contributed by atoms with Gasteiger partial charge >= 0.3 is 0 Å². The Hall–Kier alpha value is -1.43. The Bertz CT molecular complexity index is 425. The summed E-state index contributed by atoms with van der Waals surface area (Å²) in [6.07, 6.45) is 3.48. The van der Waals surface area contributed by atoms with Gasteiger partial charge in [0, 0.05) is 12.6 Å². The van der Waals surface area contributed by atoms with Crippen molar-refractivity contribution in [1.29, 1.82) is 0 Å². The Balaban J connectivity index is 2.00. The molecule has 1 saturated carbocycles. The van der Waals surface area contributed by atoms with Crippen molar-refractivity contribution in [3.63, 3.8) is 0 Å². The van der Waals surface area contributed by atoms with Crippen molar-refractivity contribution in [3.8, 4) is 0 Å². The summed E-state index contributed by atoms with van der Waals surface area (Å²) in [7, 11) is 0. The molecular formula is C12H18F2N4. The number of hydrogen-bond acceptors (Lipinski definition) is 4. The van der Waals surface area contributed by atoms with Crippen molar-refractivity contribution in [2.45, 2.75) is 26.2 Å². The fraction of sp³-hybridized carbons (Fsp3) is 0.583. The van der Waals surface area contributed by atoms with Gasteiger partial charge in [-0.15, -0.1) is 0 Å². The van der Waals surface area contributed by atoms with Crippen LogP contribution in [0.1, 0.15) is 26.2 Å². The minimum atomic E-state index is -0.796. The third-order valence-corrected chi connectivity index (χ3v) is 3.43. The van der Waals surface area contributed by atoms with Gasteiger partial charge in [0.25, 0.3) is 0 Å². The van der Waals surface area contributed by atoms with E-state index < -0.39 is 11.6 Å². The number of anilines is 2. The summed E-state index contributed by atoms with van der Waals surface area (Å²) in [6.45, 7) is 2.87. The fourth-order valence-electron chi connectivity index (χ4n) is 2.44. The first-order chi connectivity index (χ1) is 8.60. The second kappa shape index (κ2) is 5.48. The summed E-state index contributed by atoms with van der Waals surface area (Å²) in [5.41, 5.74) is 2.11. The lowest BCUT2D eigenvalue weighted by Crippen LogP contribution is -2.16. The number of pyridine rings is 1. The first-order valence-corrected chi connectivity index (χ1v) is 6.16. The van der Waals surface area contributed by atoms with E-state index in [0.717, 1.165) is 24.8 Å². The number of nitrogens with one attached hydrogen (secondary N) is 2. The van der Waals surface area contributed by atoms with Crippen molar-refractivity contribution in [2.24, 2.45) is 17.7 Å². The van der Waals surface area contributed by atoms with Gasteiger partial charge in [0.2, 0.25) is 0 Å². The first kappa shape index (κ1) is 13.0. The van der Waals surface area contributed by atoms with Gasteiger partial charge in [0.05, 0.1) is 0 Å². The number of hydrogen-bond donors (Lipinski definition) is 3. The van der Waals surface area contributed by atoms with Crippen molar-refractivity contribution >= 4 is 11.6 Å². The smallest absolute Gasteiger partial charge is 0.178 e. The van der Waals surface area contributed by atoms with E-state index in [9.17, 15) is 8.78 Å². The maximum absolute atomic E-state index is 13.5. The highest BCUT2D eigenvalue weighted by molar-refractivity contribution is 5.46. The van der Waals surface area contributed by atoms with Crippen LogP contribution in [0, 0.1) is 23.5 Å². The highest BCUT2D eigenvalue weighted by Crippen LogP contribution is 2.30. The third kappa shape index (κ3) is 2.87. The molecule has 1 aliphatic carbocycles. The van der Waals surface area contributed by atoms with Crippen LogP contribution in [0.3, 0.4) is 0 Å². The molecule has 0 amide bonds. The van der Waals surface area contributed by atoms with Crippen LogP contribution >= 0.6 is 0 Å². The van der Waals surface area contributed by atoms with Crippen LogP contribution < -0.4 is 16.6 Å². The summed E-state index contributed by atoms with van der Waals surface area (Å²) in [4.78, 5) is 3.77. The van der Waals surface area contributed by atoms with Gasteiger partial charge in [-0.3, -0.25) is 0 Å². The van der Waals surface area contributed by atoms with Crippen LogP contribution in [0.15, 0.2) is 6.07 Å². The van der Waals surface area contributed by atoms with Crippen LogP contribution in [-0.2, 0) is 0 Å². The normalized spacial score (nSPS) is 23.1. The van der Waals surface area contributed by atoms with Gasteiger partial charge in [-0.2, -0.15) is 0 Å².